The monoisotopic (exact) mass is 581 g/mol. The van der Waals surface area contributed by atoms with Crippen molar-refractivity contribution in [1.29, 1.82) is 0 Å². The molecule has 2 atom stereocenters. The number of nitro groups is 1. The first kappa shape index (κ1) is 27.7. The fourth-order valence-electron chi connectivity index (χ4n) is 5.49. The fraction of sp³-hybridized carbons (Fsp3) is 0.481. The standard InChI is InChI=1S/C27H31N7O8/c35-24-16-41-23-7-9-32(13-20(23)29-24)27(36)33-11-17(12-33)14-39-15-18-3-1-2-4-22(18)40-10-8-28-19-5-6-21(34(37)38)26-25(19)30-42-31-26/h1-6,17,20,23,28H,7-16H2,(H,29,35)/t20-,23+/m1/s1. The van der Waals surface area contributed by atoms with Gasteiger partial charge >= 0.3 is 11.7 Å². The molecule has 42 heavy (non-hydrogen) atoms. The number of anilines is 1. The number of carbonyl (C=O) groups excluding carboxylic acids is 2. The molecule has 0 unspecified atom stereocenters. The molecule has 3 saturated heterocycles. The lowest BCUT2D eigenvalue weighted by Crippen LogP contribution is -2.64. The predicted octanol–water partition coefficient (Wildman–Crippen LogP) is 1.78. The van der Waals surface area contributed by atoms with Crippen LogP contribution in [0.15, 0.2) is 41.0 Å². The summed E-state index contributed by atoms with van der Waals surface area (Å²) < 4.78 is 22.2. The van der Waals surface area contributed by atoms with Crippen LogP contribution in [0.1, 0.15) is 12.0 Å². The van der Waals surface area contributed by atoms with Crippen LogP contribution in [0.25, 0.3) is 11.0 Å². The lowest BCUT2D eigenvalue weighted by molar-refractivity contribution is -0.383. The summed E-state index contributed by atoms with van der Waals surface area (Å²) in [6.45, 7) is 4.08. The number of piperidine rings is 1. The van der Waals surface area contributed by atoms with Crippen molar-refractivity contribution in [1.82, 2.24) is 25.4 Å². The Bertz CT molecular complexity index is 1460. The van der Waals surface area contributed by atoms with E-state index in [9.17, 15) is 19.7 Å². The molecule has 3 fully saturated rings. The molecule has 0 radical (unpaired) electrons. The highest BCUT2D eigenvalue weighted by Crippen LogP contribution is 2.29. The third-order valence-corrected chi connectivity index (χ3v) is 7.67. The van der Waals surface area contributed by atoms with Crippen molar-refractivity contribution >= 4 is 34.3 Å². The van der Waals surface area contributed by atoms with E-state index in [1.165, 1.54) is 6.07 Å². The third-order valence-electron chi connectivity index (χ3n) is 7.67. The molecule has 15 heteroatoms. The maximum atomic E-state index is 12.9. The van der Waals surface area contributed by atoms with Crippen molar-refractivity contribution in [3.05, 3.63) is 52.1 Å². The first-order chi connectivity index (χ1) is 20.5. The van der Waals surface area contributed by atoms with Gasteiger partial charge in [-0.1, -0.05) is 18.2 Å². The van der Waals surface area contributed by atoms with Gasteiger partial charge in [-0.15, -0.1) is 0 Å². The molecule has 0 saturated carbocycles. The number of nitro benzene ring substituents is 1. The summed E-state index contributed by atoms with van der Waals surface area (Å²) >= 11 is 0. The van der Waals surface area contributed by atoms with Gasteiger partial charge in [-0.3, -0.25) is 14.9 Å². The van der Waals surface area contributed by atoms with E-state index in [0.29, 0.717) is 70.4 Å². The lowest BCUT2D eigenvalue weighted by atomic mass is 9.99. The Hall–Kier alpha value is -4.50. The van der Waals surface area contributed by atoms with Crippen molar-refractivity contribution in [2.45, 2.75) is 25.2 Å². The van der Waals surface area contributed by atoms with E-state index < -0.39 is 4.92 Å². The van der Waals surface area contributed by atoms with Gasteiger partial charge in [0.05, 0.1) is 36.0 Å². The smallest absolute Gasteiger partial charge is 0.320 e. The zero-order valence-corrected chi connectivity index (χ0v) is 22.8. The second-order valence-corrected chi connectivity index (χ2v) is 10.6. The quantitative estimate of drug-likeness (QED) is 0.203. The summed E-state index contributed by atoms with van der Waals surface area (Å²) in [5.41, 5.74) is 1.66. The summed E-state index contributed by atoms with van der Waals surface area (Å²) in [7, 11) is 0. The van der Waals surface area contributed by atoms with Crippen LogP contribution in [0.4, 0.5) is 16.2 Å². The molecule has 4 heterocycles. The maximum Gasteiger partial charge on any atom is 0.320 e. The second-order valence-electron chi connectivity index (χ2n) is 10.6. The average molecular weight is 582 g/mol. The molecule has 3 amide bonds. The zero-order chi connectivity index (χ0) is 29.1. The number of likely N-dealkylation sites (tertiary alicyclic amines) is 2. The van der Waals surface area contributed by atoms with E-state index in [-0.39, 0.29) is 53.3 Å². The molecule has 0 aliphatic carbocycles. The number of hydrogen-bond donors (Lipinski definition) is 2. The number of ether oxygens (including phenoxy) is 3. The fourth-order valence-corrected chi connectivity index (χ4v) is 5.49. The summed E-state index contributed by atoms with van der Waals surface area (Å²) in [6.07, 6.45) is 0.694. The molecular formula is C27H31N7O8. The number of nitrogens with one attached hydrogen (secondary N) is 2. The number of fused-ring (bicyclic) bond motifs is 2. The average Bonchev–Trinajstić information content (AvgIpc) is 3.46. The van der Waals surface area contributed by atoms with E-state index in [1.807, 2.05) is 29.2 Å². The van der Waals surface area contributed by atoms with Crippen LogP contribution in [0.2, 0.25) is 0 Å². The number of morpholine rings is 1. The van der Waals surface area contributed by atoms with Crippen LogP contribution in [-0.2, 0) is 20.9 Å². The molecule has 15 nitrogen and oxygen atoms in total. The van der Waals surface area contributed by atoms with Gasteiger partial charge in [0.15, 0.2) is 5.52 Å². The highest BCUT2D eigenvalue weighted by atomic mass is 16.6. The van der Waals surface area contributed by atoms with Crippen molar-refractivity contribution in [2.24, 2.45) is 5.92 Å². The minimum Gasteiger partial charge on any atom is -0.491 e. The zero-order valence-electron chi connectivity index (χ0n) is 22.8. The summed E-state index contributed by atoms with van der Waals surface area (Å²) in [4.78, 5) is 38.8. The number of non-ortho nitro benzene ring substituents is 1. The van der Waals surface area contributed by atoms with Crippen LogP contribution < -0.4 is 15.4 Å². The molecule has 3 aliphatic rings. The lowest BCUT2D eigenvalue weighted by Gasteiger charge is -2.46. The molecule has 2 N–H and O–H groups in total. The van der Waals surface area contributed by atoms with Gasteiger partial charge < -0.3 is 34.6 Å². The molecule has 3 aromatic rings. The Labute approximate surface area is 240 Å². The first-order valence-corrected chi connectivity index (χ1v) is 13.8. The number of aromatic nitrogens is 2. The van der Waals surface area contributed by atoms with E-state index in [2.05, 4.69) is 20.9 Å². The van der Waals surface area contributed by atoms with Crippen LogP contribution in [0, 0.1) is 16.0 Å². The normalized spacial score (nSPS) is 20.5. The molecule has 3 aliphatic heterocycles. The molecule has 1 aromatic heterocycles. The van der Waals surface area contributed by atoms with Crippen LogP contribution in [-0.4, -0.2) is 102 Å². The molecule has 6 rings (SSSR count). The summed E-state index contributed by atoms with van der Waals surface area (Å²) in [5, 5.41) is 24.7. The SMILES string of the molecule is O=C1CO[C@H]2CCN(C(=O)N3CC(COCc4ccccc4OCCNc4ccc([N+](=O)[O-])c5nonc45)C3)C[C@H]2N1. The Morgan fingerprint density at radius 3 is 2.83 bits per heavy atom. The third kappa shape index (κ3) is 5.92. The van der Waals surface area contributed by atoms with Crippen LogP contribution >= 0.6 is 0 Å². The molecule has 0 bridgehead atoms. The number of carbonyl (C=O) groups is 2. The van der Waals surface area contributed by atoms with Crippen LogP contribution in [0.5, 0.6) is 5.75 Å². The number of nitrogens with zero attached hydrogens (tertiary/aromatic N) is 5. The van der Waals surface area contributed by atoms with Gasteiger partial charge in [0, 0.05) is 50.3 Å². The molecule has 222 valence electrons. The van der Waals surface area contributed by atoms with Crippen molar-refractivity contribution in [2.75, 3.05) is 57.9 Å². The molecule has 0 spiro atoms. The van der Waals surface area contributed by atoms with E-state index in [4.69, 9.17) is 18.8 Å². The Balaban J connectivity index is 0.919. The number of benzene rings is 2. The van der Waals surface area contributed by atoms with Crippen LogP contribution in [0.3, 0.4) is 0 Å². The van der Waals surface area contributed by atoms with Gasteiger partial charge in [0.2, 0.25) is 11.4 Å². The Morgan fingerprint density at radius 1 is 1.14 bits per heavy atom. The number of urea groups is 1. The predicted molar refractivity (Wildman–Crippen MR) is 147 cm³/mol. The maximum absolute atomic E-state index is 12.9. The largest absolute Gasteiger partial charge is 0.491 e. The highest BCUT2D eigenvalue weighted by Gasteiger charge is 2.40. The Morgan fingerprint density at radius 2 is 1.98 bits per heavy atom. The van der Waals surface area contributed by atoms with Crippen molar-refractivity contribution < 1.29 is 33.4 Å². The van der Waals surface area contributed by atoms with Gasteiger partial charge in [-0.2, -0.15) is 0 Å². The minimum absolute atomic E-state index is 0.00819. The second kappa shape index (κ2) is 12.2. The minimum atomic E-state index is -0.530. The first-order valence-electron chi connectivity index (χ1n) is 13.8. The number of amides is 3. The van der Waals surface area contributed by atoms with Gasteiger partial charge in [-0.25, -0.2) is 9.42 Å². The van der Waals surface area contributed by atoms with Crippen molar-refractivity contribution in [3.8, 4) is 5.75 Å². The van der Waals surface area contributed by atoms with E-state index >= 15 is 0 Å². The van der Waals surface area contributed by atoms with Crippen molar-refractivity contribution in [3.63, 3.8) is 0 Å². The van der Waals surface area contributed by atoms with E-state index in [0.717, 1.165) is 5.56 Å². The van der Waals surface area contributed by atoms with Gasteiger partial charge in [-0.05, 0) is 28.9 Å². The molecular weight excluding hydrogens is 550 g/mol. The Kier molecular flexibility index (Phi) is 8.01. The van der Waals surface area contributed by atoms with E-state index in [1.54, 1.807) is 11.0 Å². The topological polar surface area (TPSA) is 174 Å². The molecule has 2 aromatic carbocycles. The summed E-state index contributed by atoms with van der Waals surface area (Å²) in [6, 6.07) is 10.4. The number of para-hydroxylation sites is 1. The van der Waals surface area contributed by atoms with Gasteiger partial charge in [0.1, 0.15) is 19.0 Å². The number of rotatable bonds is 10. The number of hydrogen-bond acceptors (Lipinski definition) is 11. The van der Waals surface area contributed by atoms with Gasteiger partial charge in [0.25, 0.3) is 0 Å². The summed E-state index contributed by atoms with van der Waals surface area (Å²) in [5.74, 6) is 0.818. The highest BCUT2D eigenvalue weighted by molar-refractivity contribution is 5.93.